The van der Waals surface area contributed by atoms with Crippen molar-refractivity contribution in [1.82, 2.24) is 5.32 Å². The van der Waals surface area contributed by atoms with Crippen molar-refractivity contribution >= 4 is 29.3 Å². The summed E-state index contributed by atoms with van der Waals surface area (Å²) in [6.07, 6.45) is 0.997. The molecule has 0 radical (unpaired) electrons. The molecule has 6 heteroatoms. The van der Waals surface area contributed by atoms with Gasteiger partial charge in [-0.2, -0.15) is 0 Å². The first-order valence-corrected chi connectivity index (χ1v) is 9.30. The summed E-state index contributed by atoms with van der Waals surface area (Å²) in [7, 11) is 0. The zero-order valence-corrected chi connectivity index (χ0v) is 15.7. The minimum absolute atomic E-state index is 0.0484. The maximum Gasteiger partial charge on any atom is 0.234 e. The van der Waals surface area contributed by atoms with E-state index in [1.807, 2.05) is 52.0 Å². The quantitative estimate of drug-likeness (QED) is 0.635. The molecule has 0 heterocycles. The van der Waals surface area contributed by atoms with Gasteiger partial charge in [-0.3, -0.25) is 9.59 Å². The van der Waals surface area contributed by atoms with E-state index in [1.54, 1.807) is 0 Å². The molecule has 1 aromatic rings. The lowest BCUT2D eigenvalue weighted by Gasteiger charge is -2.13. The molecule has 1 aromatic carbocycles. The maximum atomic E-state index is 11.9. The summed E-state index contributed by atoms with van der Waals surface area (Å²) in [5, 5.41) is 5.43. The molecule has 134 valence electrons. The van der Waals surface area contributed by atoms with Crippen LogP contribution in [0.15, 0.2) is 24.3 Å². The van der Waals surface area contributed by atoms with Crippen LogP contribution in [0.1, 0.15) is 32.8 Å². The number of aryl methyl sites for hydroxylation is 1. The number of nitrogens with one attached hydrogen (secondary N) is 2. The van der Waals surface area contributed by atoms with E-state index in [-0.39, 0.29) is 28.9 Å². The number of hydrogen-bond donors (Lipinski definition) is 2. The monoisotopic (exact) mass is 352 g/mol. The topological polar surface area (TPSA) is 67.4 Å². The van der Waals surface area contributed by atoms with Crippen LogP contribution in [0, 0.1) is 6.92 Å². The molecule has 0 aliphatic rings. The van der Waals surface area contributed by atoms with Gasteiger partial charge in [0.1, 0.15) is 0 Å². The van der Waals surface area contributed by atoms with E-state index >= 15 is 0 Å². The molecule has 0 aromatic heterocycles. The van der Waals surface area contributed by atoms with Crippen LogP contribution in [0.3, 0.4) is 0 Å². The van der Waals surface area contributed by atoms with Gasteiger partial charge < -0.3 is 15.4 Å². The van der Waals surface area contributed by atoms with Crippen LogP contribution in [0.25, 0.3) is 0 Å². The Hall–Kier alpha value is -1.53. The van der Waals surface area contributed by atoms with Gasteiger partial charge in [-0.1, -0.05) is 17.7 Å². The number of ether oxygens (including phenoxy) is 1. The number of thioether (sulfide) groups is 1. The van der Waals surface area contributed by atoms with Crippen LogP contribution in [-0.4, -0.2) is 42.1 Å². The third-order valence-electron chi connectivity index (χ3n) is 3.24. The summed E-state index contributed by atoms with van der Waals surface area (Å²) >= 11 is 1.33. The molecule has 0 fully saturated rings. The smallest absolute Gasteiger partial charge is 0.234 e. The van der Waals surface area contributed by atoms with Crippen LogP contribution in [-0.2, 0) is 14.3 Å². The normalized spacial score (nSPS) is 12.0. The number of hydrogen-bond acceptors (Lipinski definition) is 4. The maximum absolute atomic E-state index is 11.9. The molecular formula is C18H28N2O3S. The van der Waals surface area contributed by atoms with Gasteiger partial charge in [0.25, 0.3) is 0 Å². The van der Waals surface area contributed by atoms with E-state index < -0.39 is 0 Å². The Balaban J connectivity index is 2.19. The lowest BCUT2D eigenvalue weighted by molar-refractivity contribution is -0.120. The van der Waals surface area contributed by atoms with Gasteiger partial charge in [0, 0.05) is 18.8 Å². The Labute approximate surface area is 148 Å². The second kappa shape index (κ2) is 11.1. The van der Waals surface area contributed by atoms with Crippen molar-refractivity contribution in [2.45, 2.75) is 45.5 Å². The molecule has 24 heavy (non-hydrogen) atoms. The Morgan fingerprint density at radius 2 is 1.83 bits per heavy atom. The Morgan fingerprint density at radius 3 is 2.46 bits per heavy atom. The molecular weight excluding hydrogens is 324 g/mol. The van der Waals surface area contributed by atoms with Crippen molar-refractivity contribution in [2.24, 2.45) is 0 Å². The zero-order chi connectivity index (χ0) is 17.9. The van der Waals surface area contributed by atoms with Crippen molar-refractivity contribution in [3.63, 3.8) is 0 Å². The fraction of sp³-hybridized carbons (Fsp3) is 0.556. The third-order valence-corrected chi connectivity index (χ3v) is 4.38. The Morgan fingerprint density at radius 1 is 1.17 bits per heavy atom. The van der Waals surface area contributed by atoms with Crippen LogP contribution in [0.2, 0.25) is 0 Å². The molecule has 1 atom stereocenters. The van der Waals surface area contributed by atoms with E-state index in [0.717, 1.165) is 17.7 Å². The molecule has 0 aliphatic carbocycles. The Bertz CT molecular complexity index is 518. The second-order valence-electron chi connectivity index (χ2n) is 5.93. The number of amides is 2. The van der Waals surface area contributed by atoms with Gasteiger partial charge in [0.05, 0.1) is 17.1 Å². The molecule has 2 N–H and O–H groups in total. The van der Waals surface area contributed by atoms with Crippen LogP contribution < -0.4 is 10.6 Å². The third kappa shape index (κ3) is 8.93. The predicted molar refractivity (Wildman–Crippen MR) is 100 cm³/mol. The number of benzene rings is 1. The molecule has 0 bridgehead atoms. The molecule has 1 unspecified atom stereocenters. The zero-order valence-electron chi connectivity index (χ0n) is 14.9. The fourth-order valence-corrected chi connectivity index (χ4v) is 2.57. The first kappa shape index (κ1) is 20.5. The van der Waals surface area contributed by atoms with E-state index in [4.69, 9.17) is 4.74 Å². The van der Waals surface area contributed by atoms with Gasteiger partial charge in [-0.05, 0) is 46.2 Å². The highest BCUT2D eigenvalue weighted by atomic mass is 32.2. The fourth-order valence-electron chi connectivity index (χ4n) is 1.86. The van der Waals surface area contributed by atoms with Crippen LogP contribution in [0.5, 0.6) is 0 Å². The molecule has 0 spiro atoms. The molecule has 0 aliphatic heterocycles. The van der Waals surface area contributed by atoms with Gasteiger partial charge in [0.15, 0.2) is 0 Å². The van der Waals surface area contributed by atoms with Crippen molar-refractivity contribution < 1.29 is 14.3 Å². The number of carbonyl (C=O) groups is 2. The van der Waals surface area contributed by atoms with Crippen molar-refractivity contribution in [3.8, 4) is 0 Å². The molecule has 2 amide bonds. The van der Waals surface area contributed by atoms with Gasteiger partial charge in [0.2, 0.25) is 11.8 Å². The van der Waals surface area contributed by atoms with E-state index in [2.05, 4.69) is 10.6 Å². The summed E-state index contributed by atoms with van der Waals surface area (Å²) < 4.78 is 5.42. The Kier molecular flexibility index (Phi) is 9.49. The van der Waals surface area contributed by atoms with Gasteiger partial charge >= 0.3 is 0 Å². The van der Waals surface area contributed by atoms with Crippen LogP contribution in [0.4, 0.5) is 5.69 Å². The highest BCUT2D eigenvalue weighted by Gasteiger charge is 2.14. The average molecular weight is 353 g/mol. The van der Waals surface area contributed by atoms with Crippen LogP contribution >= 0.6 is 11.8 Å². The average Bonchev–Trinajstić information content (AvgIpc) is 2.54. The van der Waals surface area contributed by atoms with E-state index in [9.17, 15) is 9.59 Å². The van der Waals surface area contributed by atoms with Crippen molar-refractivity contribution in [2.75, 3.05) is 24.2 Å². The second-order valence-corrected chi connectivity index (χ2v) is 7.26. The van der Waals surface area contributed by atoms with E-state index in [0.29, 0.717) is 13.2 Å². The summed E-state index contributed by atoms with van der Waals surface area (Å²) in [6, 6.07) is 7.63. The molecule has 0 saturated heterocycles. The molecule has 0 saturated carbocycles. The lowest BCUT2D eigenvalue weighted by atomic mass is 10.2. The summed E-state index contributed by atoms with van der Waals surface area (Å²) in [6.45, 7) is 9.00. The molecule has 5 nitrogen and oxygen atoms in total. The predicted octanol–water partition coefficient (Wildman–Crippen LogP) is 2.99. The minimum Gasteiger partial charge on any atom is -0.379 e. The number of anilines is 1. The minimum atomic E-state index is -0.264. The largest absolute Gasteiger partial charge is 0.379 e. The van der Waals surface area contributed by atoms with Gasteiger partial charge in [-0.15, -0.1) is 11.8 Å². The summed E-state index contributed by atoms with van der Waals surface area (Å²) in [4.78, 5) is 23.9. The summed E-state index contributed by atoms with van der Waals surface area (Å²) in [5.74, 6) is 0.0976. The highest BCUT2D eigenvalue weighted by Crippen LogP contribution is 2.13. The number of rotatable bonds is 10. The lowest BCUT2D eigenvalue weighted by Crippen LogP contribution is -2.33. The first-order chi connectivity index (χ1) is 11.4. The van der Waals surface area contributed by atoms with Gasteiger partial charge in [-0.25, -0.2) is 0 Å². The summed E-state index contributed by atoms with van der Waals surface area (Å²) in [5.41, 5.74) is 1.92. The highest BCUT2D eigenvalue weighted by molar-refractivity contribution is 8.01. The first-order valence-electron chi connectivity index (χ1n) is 8.26. The number of carbonyl (C=O) groups excluding carboxylic acids is 2. The standard InChI is InChI=1S/C18H28N2O3S/c1-13(2)23-11-5-10-19-18(22)15(4)24-12-17(21)20-16-8-6-14(3)7-9-16/h6-9,13,15H,5,10-12H2,1-4H3,(H,19,22)(H,20,21). The van der Waals surface area contributed by atoms with Crippen molar-refractivity contribution in [3.05, 3.63) is 29.8 Å². The van der Waals surface area contributed by atoms with E-state index in [1.165, 1.54) is 11.8 Å². The SMILES string of the molecule is Cc1ccc(NC(=O)CSC(C)C(=O)NCCCOC(C)C)cc1. The van der Waals surface area contributed by atoms with Crippen molar-refractivity contribution in [1.29, 1.82) is 0 Å². The molecule has 1 rings (SSSR count).